The van der Waals surface area contributed by atoms with Crippen LogP contribution < -0.4 is 0 Å². The number of carbonyl (C=O) groups is 1. The first-order chi connectivity index (χ1) is 8.87. The normalized spacial score (nSPS) is 19.6. The lowest BCUT2D eigenvalue weighted by molar-refractivity contribution is 0.0175. The molecule has 1 aliphatic heterocycles. The number of hydrogen-bond acceptors (Lipinski definition) is 4. The van der Waals surface area contributed by atoms with Crippen molar-refractivity contribution in [1.29, 1.82) is 0 Å². The Bertz CT molecular complexity index is 493. The number of amides is 1. The molecule has 0 fully saturated rings. The summed E-state index contributed by atoms with van der Waals surface area (Å²) in [6, 6.07) is -0.0313. The molecule has 2 rings (SSSR count). The highest BCUT2D eigenvalue weighted by molar-refractivity contribution is 9.10. The van der Waals surface area contributed by atoms with Crippen molar-refractivity contribution in [1.82, 2.24) is 9.88 Å². The summed E-state index contributed by atoms with van der Waals surface area (Å²) >= 11 is 4.91. The van der Waals surface area contributed by atoms with E-state index in [9.17, 15) is 4.79 Å². The minimum Gasteiger partial charge on any atom is -0.444 e. The quantitative estimate of drug-likeness (QED) is 0.719. The highest BCUT2D eigenvalue weighted by Gasteiger charge is 2.31. The van der Waals surface area contributed by atoms with Crippen molar-refractivity contribution in [3.8, 4) is 0 Å². The SMILES string of the molecule is CC(C)(C)OC(=O)N1CC=CCC1c1nc(Br)cs1. The molecule has 1 unspecified atom stereocenters. The van der Waals surface area contributed by atoms with Gasteiger partial charge in [-0.15, -0.1) is 11.3 Å². The van der Waals surface area contributed by atoms with Crippen LogP contribution >= 0.6 is 27.3 Å². The summed E-state index contributed by atoms with van der Waals surface area (Å²) in [7, 11) is 0. The topological polar surface area (TPSA) is 42.4 Å². The summed E-state index contributed by atoms with van der Waals surface area (Å²) in [5.41, 5.74) is -0.480. The molecular weight excluding hydrogens is 328 g/mol. The molecule has 19 heavy (non-hydrogen) atoms. The average Bonchev–Trinajstić information content (AvgIpc) is 2.73. The van der Waals surface area contributed by atoms with Crippen LogP contribution in [-0.4, -0.2) is 28.1 Å². The molecule has 1 atom stereocenters. The number of thiazole rings is 1. The first-order valence-electron chi connectivity index (χ1n) is 6.12. The van der Waals surface area contributed by atoms with Gasteiger partial charge in [-0.05, 0) is 43.1 Å². The van der Waals surface area contributed by atoms with E-state index in [1.54, 1.807) is 16.2 Å². The number of hydrogen-bond donors (Lipinski definition) is 0. The predicted molar refractivity (Wildman–Crippen MR) is 79.3 cm³/mol. The van der Waals surface area contributed by atoms with Crippen LogP contribution in [0.25, 0.3) is 0 Å². The predicted octanol–water partition coefficient (Wildman–Crippen LogP) is 4.14. The molecule has 0 saturated heterocycles. The number of ether oxygens (including phenoxy) is 1. The van der Waals surface area contributed by atoms with E-state index >= 15 is 0 Å². The van der Waals surface area contributed by atoms with Crippen LogP contribution in [0, 0.1) is 0 Å². The van der Waals surface area contributed by atoms with Crippen LogP contribution in [0.2, 0.25) is 0 Å². The summed E-state index contributed by atoms with van der Waals surface area (Å²) < 4.78 is 6.27. The van der Waals surface area contributed by atoms with Crippen LogP contribution in [0.5, 0.6) is 0 Å². The molecule has 1 amide bonds. The first-order valence-corrected chi connectivity index (χ1v) is 7.79. The third-order valence-corrected chi connectivity index (χ3v) is 4.27. The van der Waals surface area contributed by atoms with Gasteiger partial charge in [0.2, 0.25) is 0 Å². The molecule has 1 aliphatic rings. The number of halogens is 1. The van der Waals surface area contributed by atoms with E-state index in [-0.39, 0.29) is 12.1 Å². The van der Waals surface area contributed by atoms with Crippen molar-refractivity contribution >= 4 is 33.4 Å². The fraction of sp³-hybridized carbons (Fsp3) is 0.538. The van der Waals surface area contributed by atoms with Crippen molar-refractivity contribution < 1.29 is 9.53 Å². The van der Waals surface area contributed by atoms with Crippen molar-refractivity contribution in [3.05, 3.63) is 27.1 Å². The Balaban J connectivity index is 2.17. The third-order valence-electron chi connectivity index (χ3n) is 2.61. The maximum absolute atomic E-state index is 12.2. The average molecular weight is 345 g/mol. The molecule has 6 heteroatoms. The van der Waals surface area contributed by atoms with E-state index in [1.807, 2.05) is 32.2 Å². The second kappa shape index (κ2) is 5.63. The van der Waals surface area contributed by atoms with Gasteiger partial charge in [0.05, 0.1) is 6.04 Å². The van der Waals surface area contributed by atoms with Gasteiger partial charge in [-0.3, -0.25) is 4.90 Å². The molecular formula is C13H17BrN2O2S. The van der Waals surface area contributed by atoms with Gasteiger partial charge >= 0.3 is 6.09 Å². The van der Waals surface area contributed by atoms with E-state index in [4.69, 9.17) is 4.74 Å². The van der Waals surface area contributed by atoms with E-state index < -0.39 is 5.60 Å². The molecule has 0 aromatic carbocycles. The molecule has 0 aliphatic carbocycles. The zero-order chi connectivity index (χ0) is 14.0. The highest BCUT2D eigenvalue weighted by Crippen LogP contribution is 2.32. The maximum Gasteiger partial charge on any atom is 0.411 e. The second-order valence-corrected chi connectivity index (χ2v) is 7.07. The zero-order valence-corrected chi connectivity index (χ0v) is 13.6. The van der Waals surface area contributed by atoms with Gasteiger partial charge in [-0.2, -0.15) is 0 Å². The monoisotopic (exact) mass is 344 g/mol. The summed E-state index contributed by atoms with van der Waals surface area (Å²) in [4.78, 5) is 18.4. The van der Waals surface area contributed by atoms with E-state index in [1.165, 1.54) is 0 Å². The Morgan fingerprint density at radius 2 is 2.26 bits per heavy atom. The van der Waals surface area contributed by atoms with Crippen molar-refractivity contribution in [2.24, 2.45) is 0 Å². The standard InChI is InChI=1S/C13H17BrN2O2S/c1-13(2,3)18-12(17)16-7-5-4-6-9(16)11-15-10(14)8-19-11/h4-5,8-9H,6-7H2,1-3H3. The number of rotatable bonds is 1. The smallest absolute Gasteiger partial charge is 0.411 e. The van der Waals surface area contributed by atoms with Gasteiger partial charge in [-0.1, -0.05) is 12.2 Å². The van der Waals surface area contributed by atoms with Gasteiger partial charge in [0.1, 0.15) is 15.2 Å². The third kappa shape index (κ3) is 3.79. The fourth-order valence-electron chi connectivity index (χ4n) is 1.84. The molecule has 2 heterocycles. The van der Waals surface area contributed by atoms with Crippen molar-refractivity contribution in [2.75, 3.05) is 6.54 Å². The molecule has 0 spiro atoms. The molecule has 0 N–H and O–H groups in total. The lowest BCUT2D eigenvalue weighted by atomic mass is 10.1. The van der Waals surface area contributed by atoms with Gasteiger partial charge in [0.15, 0.2) is 0 Å². The first kappa shape index (κ1) is 14.5. The maximum atomic E-state index is 12.2. The fourth-order valence-corrected chi connectivity index (χ4v) is 3.24. The summed E-state index contributed by atoms with van der Waals surface area (Å²) in [5, 5.41) is 2.86. The van der Waals surface area contributed by atoms with Crippen LogP contribution in [0.1, 0.15) is 38.2 Å². The van der Waals surface area contributed by atoms with E-state index in [0.717, 1.165) is 16.0 Å². The number of nitrogens with zero attached hydrogens (tertiary/aromatic N) is 2. The van der Waals surface area contributed by atoms with Gasteiger partial charge in [0, 0.05) is 11.9 Å². The van der Waals surface area contributed by atoms with Crippen LogP contribution in [0.3, 0.4) is 0 Å². The van der Waals surface area contributed by atoms with Crippen LogP contribution in [-0.2, 0) is 4.74 Å². The Kier molecular flexibility index (Phi) is 4.30. The second-order valence-electron chi connectivity index (χ2n) is 5.36. The van der Waals surface area contributed by atoms with Crippen molar-refractivity contribution in [3.63, 3.8) is 0 Å². The number of carbonyl (C=O) groups excluding carboxylic acids is 1. The van der Waals surface area contributed by atoms with E-state index in [2.05, 4.69) is 27.0 Å². The molecule has 0 saturated carbocycles. The minimum atomic E-state index is -0.480. The molecule has 1 aromatic rings. The highest BCUT2D eigenvalue weighted by atomic mass is 79.9. The Hall–Kier alpha value is -0.880. The van der Waals surface area contributed by atoms with Crippen LogP contribution in [0.4, 0.5) is 4.79 Å². The molecule has 4 nitrogen and oxygen atoms in total. The largest absolute Gasteiger partial charge is 0.444 e. The summed E-state index contributed by atoms with van der Waals surface area (Å²) in [5.74, 6) is 0. The Morgan fingerprint density at radius 1 is 1.53 bits per heavy atom. The lowest BCUT2D eigenvalue weighted by Gasteiger charge is -2.33. The summed E-state index contributed by atoms with van der Waals surface area (Å²) in [6.45, 7) is 6.19. The van der Waals surface area contributed by atoms with Gasteiger partial charge in [-0.25, -0.2) is 9.78 Å². The molecule has 0 bridgehead atoms. The Morgan fingerprint density at radius 3 is 2.84 bits per heavy atom. The van der Waals surface area contributed by atoms with Gasteiger partial charge < -0.3 is 4.74 Å². The van der Waals surface area contributed by atoms with Gasteiger partial charge in [0.25, 0.3) is 0 Å². The number of aromatic nitrogens is 1. The van der Waals surface area contributed by atoms with Crippen molar-refractivity contribution in [2.45, 2.75) is 38.8 Å². The molecule has 0 radical (unpaired) electrons. The minimum absolute atomic E-state index is 0.0313. The zero-order valence-electron chi connectivity index (χ0n) is 11.2. The molecule has 1 aromatic heterocycles. The van der Waals surface area contributed by atoms with E-state index in [0.29, 0.717) is 6.54 Å². The summed E-state index contributed by atoms with van der Waals surface area (Å²) in [6.07, 6.45) is 4.57. The Labute approximate surface area is 125 Å². The lowest BCUT2D eigenvalue weighted by Crippen LogP contribution is -2.40. The molecule has 104 valence electrons. The van der Waals surface area contributed by atoms with Crippen LogP contribution in [0.15, 0.2) is 22.1 Å².